The lowest BCUT2D eigenvalue weighted by molar-refractivity contribution is -0.385. The minimum absolute atomic E-state index is 0.0374. The number of nitrogens with one attached hydrogen (secondary N) is 2. The zero-order valence-electron chi connectivity index (χ0n) is 16.4. The van der Waals surface area contributed by atoms with Crippen LogP contribution in [0.1, 0.15) is 11.1 Å². The predicted octanol–water partition coefficient (Wildman–Crippen LogP) is 1.87. The van der Waals surface area contributed by atoms with E-state index in [1.165, 1.54) is 48.6 Å². The lowest BCUT2D eigenvalue weighted by Gasteiger charge is -1.95. The highest BCUT2D eigenvalue weighted by atomic mass is 16.6. The van der Waals surface area contributed by atoms with Gasteiger partial charge < -0.3 is 9.97 Å². The predicted molar refractivity (Wildman–Crippen MR) is 120 cm³/mol. The van der Waals surface area contributed by atoms with Crippen LogP contribution in [0, 0.1) is 20.2 Å². The van der Waals surface area contributed by atoms with Gasteiger partial charge >= 0.3 is 0 Å². The molecule has 1 aromatic heterocycles. The summed E-state index contributed by atoms with van der Waals surface area (Å²) in [6, 6.07) is 12.2. The van der Waals surface area contributed by atoms with Gasteiger partial charge in [-0.1, -0.05) is 36.4 Å². The SMILES string of the molecule is O=c1[nH]/c(=C/C=C/c2ccccc2[N+](=O)[O-])c(=O)[nH]/c1=C/C=C/c1ccccc1[N+](=O)[O-]. The van der Waals surface area contributed by atoms with Crippen LogP contribution < -0.4 is 21.8 Å². The van der Waals surface area contributed by atoms with Crippen molar-refractivity contribution in [2.75, 3.05) is 0 Å². The number of H-pyrrole nitrogens is 2. The van der Waals surface area contributed by atoms with E-state index in [0.29, 0.717) is 11.1 Å². The first kappa shape index (κ1) is 21.8. The molecule has 0 unspecified atom stereocenters. The number of hydrogen-bond donors (Lipinski definition) is 2. The fourth-order valence-corrected chi connectivity index (χ4v) is 2.81. The van der Waals surface area contributed by atoms with Gasteiger partial charge in [0.05, 0.1) is 21.0 Å². The Bertz CT molecular complexity index is 1370. The fourth-order valence-electron chi connectivity index (χ4n) is 2.81. The second-order valence-electron chi connectivity index (χ2n) is 6.42. The molecule has 0 atom stereocenters. The molecule has 3 aromatic rings. The summed E-state index contributed by atoms with van der Waals surface area (Å²) in [5.74, 6) is 0. The van der Waals surface area contributed by atoms with Crippen molar-refractivity contribution in [3.05, 3.63) is 123 Å². The fraction of sp³-hybridized carbons (Fsp3) is 0. The third-order valence-corrected chi connectivity index (χ3v) is 4.33. The zero-order chi connectivity index (χ0) is 23.1. The molecule has 2 aromatic carbocycles. The summed E-state index contributed by atoms with van der Waals surface area (Å²) < 4.78 is 0. The van der Waals surface area contributed by atoms with E-state index < -0.39 is 21.0 Å². The van der Waals surface area contributed by atoms with E-state index in [0.717, 1.165) is 0 Å². The Morgan fingerprint density at radius 2 is 1.03 bits per heavy atom. The largest absolute Gasteiger partial charge is 0.316 e. The van der Waals surface area contributed by atoms with Gasteiger partial charge in [0.1, 0.15) is 10.7 Å². The molecule has 160 valence electrons. The van der Waals surface area contributed by atoms with E-state index in [1.54, 1.807) is 36.4 Å². The highest BCUT2D eigenvalue weighted by molar-refractivity contribution is 5.65. The highest BCUT2D eigenvalue weighted by Crippen LogP contribution is 2.19. The molecular formula is C22H16N4O6. The molecule has 0 aliphatic carbocycles. The molecule has 32 heavy (non-hydrogen) atoms. The second kappa shape index (κ2) is 9.76. The first-order valence-electron chi connectivity index (χ1n) is 9.23. The molecule has 0 fully saturated rings. The van der Waals surface area contributed by atoms with Gasteiger partial charge in [-0.05, 0) is 36.4 Å². The number of aromatic amines is 2. The number of nitro benzene ring substituents is 2. The monoisotopic (exact) mass is 432 g/mol. The molecular weight excluding hydrogens is 416 g/mol. The van der Waals surface area contributed by atoms with Gasteiger partial charge in [-0.3, -0.25) is 29.8 Å². The van der Waals surface area contributed by atoms with Gasteiger partial charge in [-0.15, -0.1) is 0 Å². The zero-order valence-corrected chi connectivity index (χ0v) is 16.4. The number of rotatable bonds is 6. The van der Waals surface area contributed by atoms with Gasteiger partial charge in [-0.2, -0.15) is 0 Å². The van der Waals surface area contributed by atoms with E-state index in [9.17, 15) is 29.8 Å². The number of nitrogens with zero attached hydrogens (tertiary/aromatic N) is 2. The van der Waals surface area contributed by atoms with Crippen molar-refractivity contribution in [2.24, 2.45) is 0 Å². The third kappa shape index (κ3) is 5.19. The Labute approximate surface area is 179 Å². The summed E-state index contributed by atoms with van der Waals surface area (Å²) >= 11 is 0. The minimum atomic E-state index is -0.581. The van der Waals surface area contributed by atoms with Crippen molar-refractivity contribution in [2.45, 2.75) is 0 Å². The van der Waals surface area contributed by atoms with E-state index in [2.05, 4.69) is 9.97 Å². The van der Waals surface area contributed by atoms with Gasteiger partial charge in [0.2, 0.25) is 0 Å². The maximum Gasteiger partial charge on any atom is 0.276 e. The lowest BCUT2D eigenvalue weighted by atomic mass is 10.1. The minimum Gasteiger partial charge on any atom is -0.316 e. The molecule has 1 heterocycles. The van der Waals surface area contributed by atoms with Gasteiger partial charge in [0.15, 0.2) is 0 Å². The maximum absolute atomic E-state index is 12.3. The number of hydrogen-bond acceptors (Lipinski definition) is 6. The first-order chi connectivity index (χ1) is 15.4. The molecule has 0 bridgehead atoms. The molecule has 0 saturated heterocycles. The number of nitro groups is 2. The quantitative estimate of drug-likeness (QED) is 0.448. The van der Waals surface area contributed by atoms with E-state index in [4.69, 9.17) is 0 Å². The van der Waals surface area contributed by atoms with Gasteiger partial charge in [0.25, 0.3) is 22.5 Å². The molecule has 3 rings (SSSR count). The molecule has 0 aliphatic heterocycles. The number of allylic oxidation sites excluding steroid dienone is 2. The van der Waals surface area contributed by atoms with Crippen LogP contribution in [-0.2, 0) is 0 Å². The Morgan fingerprint density at radius 3 is 1.41 bits per heavy atom. The normalized spacial score (nSPS) is 12.6. The molecule has 10 heteroatoms. The van der Waals surface area contributed by atoms with E-state index in [1.807, 2.05) is 0 Å². The summed E-state index contributed by atoms with van der Waals surface area (Å²) in [5.41, 5.74) is -0.649. The molecule has 0 aliphatic rings. The van der Waals surface area contributed by atoms with Gasteiger partial charge in [0, 0.05) is 12.1 Å². The molecule has 10 nitrogen and oxygen atoms in total. The van der Waals surface area contributed by atoms with Crippen molar-refractivity contribution in [3.63, 3.8) is 0 Å². The topological polar surface area (TPSA) is 152 Å². The van der Waals surface area contributed by atoms with Crippen LogP contribution in [0.3, 0.4) is 0 Å². The van der Waals surface area contributed by atoms with Crippen LogP contribution in [0.4, 0.5) is 11.4 Å². The summed E-state index contributed by atoms with van der Waals surface area (Å²) in [5, 5.41) is 22.0. The smallest absolute Gasteiger partial charge is 0.276 e. The molecule has 0 amide bonds. The average Bonchev–Trinajstić information content (AvgIpc) is 2.77. The molecule has 0 radical (unpaired) electrons. The number of benzene rings is 2. The van der Waals surface area contributed by atoms with Crippen LogP contribution in [0.15, 0.2) is 70.3 Å². The molecule has 2 N–H and O–H groups in total. The summed E-state index contributed by atoms with van der Waals surface area (Å²) in [7, 11) is 0. The van der Waals surface area contributed by atoms with Crippen molar-refractivity contribution >= 4 is 35.7 Å². The number of para-hydroxylation sites is 2. The highest BCUT2D eigenvalue weighted by Gasteiger charge is 2.09. The molecule has 0 saturated carbocycles. The van der Waals surface area contributed by atoms with Crippen molar-refractivity contribution < 1.29 is 9.85 Å². The van der Waals surface area contributed by atoms with Crippen LogP contribution in [0.25, 0.3) is 24.3 Å². The number of aromatic nitrogens is 2. The third-order valence-electron chi connectivity index (χ3n) is 4.33. The summed E-state index contributed by atoms with van der Waals surface area (Å²) in [6.45, 7) is 0. The average molecular weight is 432 g/mol. The Balaban J connectivity index is 1.91. The standard InChI is InChI=1S/C22H16N4O6/c27-21-17(11-5-9-15-7-1-3-13-19(15)25(29)30)23-22(28)18(24-21)12-6-10-16-8-2-4-14-20(16)26(31)32/h1-14H,(H,23,28)(H,24,27)/b9-5+,10-6+,17-11+,18-12+. The Kier molecular flexibility index (Phi) is 6.66. The van der Waals surface area contributed by atoms with Crippen molar-refractivity contribution in [1.29, 1.82) is 0 Å². The van der Waals surface area contributed by atoms with E-state index in [-0.39, 0.29) is 22.1 Å². The van der Waals surface area contributed by atoms with Crippen molar-refractivity contribution in [3.8, 4) is 0 Å². The van der Waals surface area contributed by atoms with E-state index >= 15 is 0 Å². The summed E-state index contributed by atoms with van der Waals surface area (Å²) in [6.07, 6.45) is 8.38. The molecule has 0 spiro atoms. The Hall–Kier alpha value is -4.86. The summed E-state index contributed by atoms with van der Waals surface area (Å²) in [4.78, 5) is 50.4. The van der Waals surface area contributed by atoms with Crippen molar-refractivity contribution in [1.82, 2.24) is 9.97 Å². The van der Waals surface area contributed by atoms with Gasteiger partial charge in [-0.25, -0.2) is 0 Å². The van der Waals surface area contributed by atoms with Crippen LogP contribution in [0.2, 0.25) is 0 Å². The lowest BCUT2D eigenvalue weighted by Crippen LogP contribution is -2.46. The van der Waals surface area contributed by atoms with Crippen LogP contribution in [0.5, 0.6) is 0 Å². The van der Waals surface area contributed by atoms with Crippen LogP contribution >= 0.6 is 0 Å². The maximum atomic E-state index is 12.3. The first-order valence-corrected chi connectivity index (χ1v) is 9.23. The van der Waals surface area contributed by atoms with Crippen LogP contribution in [-0.4, -0.2) is 19.8 Å². The second-order valence-corrected chi connectivity index (χ2v) is 6.42. The Morgan fingerprint density at radius 1 is 0.656 bits per heavy atom.